The zero-order chi connectivity index (χ0) is 14.3. The number of rotatable bonds is 7. The first-order valence-electron chi connectivity index (χ1n) is 6.09. The van der Waals surface area contributed by atoms with Gasteiger partial charge in [-0.25, -0.2) is 0 Å². The largest absolute Gasteiger partial charge is 0.325 e. The third-order valence-corrected chi connectivity index (χ3v) is 3.31. The normalized spacial score (nSPS) is 12.5. The Balaban J connectivity index is 2.42. The lowest BCUT2D eigenvalue weighted by Crippen LogP contribution is -2.33. The van der Waals surface area contributed by atoms with Gasteiger partial charge in [-0.15, -0.1) is 0 Å². The Hall–Kier alpha value is -1.14. The summed E-state index contributed by atoms with van der Waals surface area (Å²) >= 11 is 0.485. The number of amides is 1. The fraction of sp³-hybridized carbons (Fsp3) is 0.462. The molecule has 3 nitrogen and oxygen atoms in total. The molecule has 0 heterocycles. The van der Waals surface area contributed by atoms with E-state index in [0.717, 1.165) is 6.42 Å². The molecule has 0 aliphatic rings. The van der Waals surface area contributed by atoms with Gasteiger partial charge in [0.2, 0.25) is 5.91 Å². The van der Waals surface area contributed by atoms with Crippen LogP contribution in [-0.2, 0) is 4.79 Å². The number of carbonyl (C=O) groups excluding carboxylic acids is 1. The van der Waals surface area contributed by atoms with Gasteiger partial charge in [0.1, 0.15) is 0 Å². The Kier molecular flexibility index (Phi) is 6.80. The molecule has 0 aliphatic carbocycles. The molecule has 1 unspecified atom stereocenters. The molecule has 1 atom stereocenters. The van der Waals surface area contributed by atoms with Gasteiger partial charge in [-0.3, -0.25) is 4.79 Å². The molecule has 0 radical (unpaired) electrons. The smallest absolute Gasteiger partial charge is 0.288 e. The maximum atomic E-state index is 12.1. The van der Waals surface area contributed by atoms with Gasteiger partial charge < -0.3 is 10.6 Å². The standard InChI is InChI=1S/C13H18F2N2OS/c1-3-9(2)16-8-12(18)17-10-4-6-11(7-5-10)19-13(14)15/h4-7,9,13,16H,3,8H2,1-2H3,(H,17,18). The summed E-state index contributed by atoms with van der Waals surface area (Å²) < 4.78 is 24.3. The van der Waals surface area contributed by atoms with E-state index in [0.29, 0.717) is 22.3 Å². The monoisotopic (exact) mass is 288 g/mol. The van der Waals surface area contributed by atoms with E-state index in [-0.39, 0.29) is 18.5 Å². The number of carbonyl (C=O) groups is 1. The van der Waals surface area contributed by atoms with Gasteiger partial charge in [-0.2, -0.15) is 8.78 Å². The number of halogens is 2. The van der Waals surface area contributed by atoms with Crippen LogP contribution < -0.4 is 10.6 Å². The molecular formula is C13H18F2N2OS. The van der Waals surface area contributed by atoms with Crippen LogP contribution in [0.15, 0.2) is 29.2 Å². The third kappa shape index (κ3) is 6.54. The second kappa shape index (κ2) is 8.12. The Morgan fingerprint density at radius 2 is 1.95 bits per heavy atom. The van der Waals surface area contributed by atoms with Crippen LogP contribution in [0.1, 0.15) is 20.3 Å². The summed E-state index contributed by atoms with van der Waals surface area (Å²) in [4.78, 5) is 12.1. The molecule has 1 aromatic rings. The van der Waals surface area contributed by atoms with Crippen LogP contribution in [0.2, 0.25) is 0 Å². The van der Waals surface area contributed by atoms with Gasteiger partial charge >= 0.3 is 0 Å². The van der Waals surface area contributed by atoms with Gasteiger partial charge in [0.15, 0.2) is 0 Å². The molecule has 19 heavy (non-hydrogen) atoms. The van der Waals surface area contributed by atoms with E-state index in [9.17, 15) is 13.6 Å². The summed E-state index contributed by atoms with van der Waals surface area (Å²) in [6, 6.07) is 6.65. The van der Waals surface area contributed by atoms with Crippen molar-refractivity contribution in [1.29, 1.82) is 0 Å². The highest BCUT2D eigenvalue weighted by molar-refractivity contribution is 7.99. The number of benzene rings is 1. The minimum Gasteiger partial charge on any atom is -0.325 e. The molecule has 1 aromatic carbocycles. The van der Waals surface area contributed by atoms with Crippen molar-refractivity contribution in [2.45, 2.75) is 37.0 Å². The molecule has 2 N–H and O–H groups in total. The molecule has 6 heteroatoms. The maximum absolute atomic E-state index is 12.1. The summed E-state index contributed by atoms with van der Waals surface area (Å²) in [5.41, 5.74) is 0.606. The summed E-state index contributed by atoms with van der Waals surface area (Å²) in [6.45, 7) is 4.28. The van der Waals surface area contributed by atoms with Crippen molar-refractivity contribution in [2.75, 3.05) is 11.9 Å². The summed E-state index contributed by atoms with van der Waals surface area (Å²) in [6.07, 6.45) is 0.951. The molecular weight excluding hydrogens is 270 g/mol. The van der Waals surface area contributed by atoms with Crippen LogP contribution in [0.3, 0.4) is 0 Å². The zero-order valence-corrected chi connectivity index (χ0v) is 11.8. The molecule has 1 rings (SSSR count). The highest BCUT2D eigenvalue weighted by atomic mass is 32.2. The number of hydrogen-bond donors (Lipinski definition) is 2. The molecule has 0 aromatic heterocycles. The molecule has 0 saturated carbocycles. The summed E-state index contributed by atoms with van der Waals surface area (Å²) in [5.74, 6) is -2.57. The molecule has 1 amide bonds. The van der Waals surface area contributed by atoms with Crippen molar-refractivity contribution < 1.29 is 13.6 Å². The fourth-order valence-electron chi connectivity index (χ4n) is 1.34. The SMILES string of the molecule is CCC(C)NCC(=O)Nc1ccc(SC(F)F)cc1. The van der Waals surface area contributed by atoms with E-state index < -0.39 is 5.76 Å². The lowest BCUT2D eigenvalue weighted by molar-refractivity contribution is -0.115. The maximum Gasteiger partial charge on any atom is 0.288 e. The second-order valence-electron chi connectivity index (χ2n) is 4.14. The molecule has 0 fully saturated rings. The topological polar surface area (TPSA) is 41.1 Å². The highest BCUT2D eigenvalue weighted by Crippen LogP contribution is 2.26. The van der Waals surface area contributed by atoms with Crippen LogP contribution in [0, 0.1) is 0 Å². The van der Waals surface area contributed by atoms with Crippen molar-refractivity contribution in [3.05, 3.63) is 24.3 Å². The zero-order valence-electron chi connectivity index (χ0n) is 11.0. The van der Waals surface area contributed by atoms with Crippen molar-refractivity contribution in [3.63, 3.8) is 0 Å². The number of hydrogen-bond acceptors (Lipinski definition) is 3. The van der Waals surface area contributed by atoms with Crippen molar-refractivity contribution >= 4 is 23.4 Å². The van der Waals surface area contributed by atoms with Crippen molar-refractivity contribution in [1.82, 2.24) is 5.32 Å². The van der Waals surface area contributed by atoms with Gasteiger partial charge in [0.05, 0.1) is 6.54 Å². The predicted molar refractivity (Wildman–Crippen MR) is 74.7 cm³/mol. The molecule has 0 aliphatic heterocycles. The van der Waals surface area contributed by atoms with E-state index in [4.69, 9.17) is 0 Å². The van der Waals surface area contributed by atoms with Crippen LogP contribution in [-0.4, -0.2) is 24.3 Å². The molecule has 106 valence electrons. The Morgan fingerprint density at radius 3 is 2.47 bits per heavy atom. The highest BCUT2D eigenvalue weighted by Gasteiger charge is 2.07. The number of anilines is 1. The first-order chi connectivity index (χ1) is 9.01. The number of thioether (sulfide) groups is 1. The lowest BCUT2D eigenvalue weighted by Gasteiger charge is -2.11. The fourth-order valence-corrected chi connectivity index (χ4v) is 1.84. The van der Waals surface area contributed by atoms with Gasteiger partial charge in [0.25, 0.3) is 5.76 Å². The van der Waals surface area contributed by atoms with Crippen LogP contribution >= 0.6 is 11.8 Å². The van der Waals surface area contributed by atoms with Gasteiger partial charge in [0, 0.05) is 16.6 Å². The summed E-state index contributed by atoms with van der Waals surface area (Å²) in [5, 5.41) is 5.78. The summed E-state index contributed by atoms with van der Waals surface area (Å²) in [7, 11) is 0. The van der Waals surface area contributed by atoms with Crippen molar-refractivity contribution in [3.8, 4) is 0 Å². The average Bonchev–Trinajstić information content (AvgIpc) is 2.37. The minimum absolute atomic E-state index is 0.144. The Bertz CT molecular complexity index is 398. The Morgan fingerprint density at radius 1 is 1.32 bits per heavy atom. The lowest BCUT2D eigenvalue weighted by atomic mass is 10.2. The minimum atomic E-state index is -2.43. The van der Waals surface area contributed by atoms with Gasteiger partial charge in [-0.1, -0.05) is 18.7 Å². The van der Waals surface area contributed by atoms with Gasteiger partial charge in [-0.05, 0) is 37.6 Å². The Labute approximate surface area is 116 Å². The first-order valence-corrected chi connectivity index (χ1v) is 6.97. The first kappa shape index (κ1) is 15.9. The molecule has 0 spiro atoms. The van der Waals surface area contributed by atoms with E-state index in [1.54, 1.807) is 24.3 Å². The van der Waals surface area contributed by atoms with Crippen LogP contribution in [0.5, 0.6) is 0 Å². The third-order valence-electron chi connectivity index (χ3n) is 2.59. The van der Waals surface area contributed by atoms with E-state index in [1.165, 1.54) is 0 Å². The van der Waals surface area contributed by atoms with E-state index >= 15 is 0 Å². The molecule has 0 saturated heterocycles. The number of alkyl halides is 2. The predicted octanol–water partition coefficient (Wildman–Crippen LogP) is 3.33. The average molecular weight is 288 g/mol. The van der Waals surface area contributed by atoms with E-state index in [1.807, 2.05) is 13.8 Å². The van der Waals surface area contributed by atoms with Crippen molar-refractivity contribution in [2.24, 2.45) is 0 Å². The second-order valence-corrected chi connectivity index (χ2v) is 5.20. The quantitative estimate of drug-likeness (QED) is 0.756. The van der Waals surface area contributed by atoms with Crippen LogP contribution in [0.25, 0.3) is 0 Å². The molecule has 0 bridgehead atoms. The van der Waals surface area contributed by atoms with E-state index in [2.05, 4.69) is 10.6 Å². The number of nitrogens with one attached hydrogen (secondary N) is 2. The van der Waals surface area contributed by atoms with Crippen LogP contribution in [0.4, 0.5) is 14.5 Å².